The van der Waals surface area contributed by atoms with Crippen molar-refractivity contribution in [1.29, 1.82) is 0 Å². The van der Waals surface area contributed by atoms with E-state index in [0.717, 1.165) is 0 Å². The van der Waals surface area contributed by atoms with Crippen LogP contribution in [0.25, 0.3) is 0 Å². The van der Waals surface area contributed by atoms with Gasteiger partial charge in [0.15, 0.2) is 5.78 Å². The number of aromatic nitrogens is 1. The van der Waals surface area contributed by atoms with Crippen LogP contribution in [0.1, 0.15) is 17.4 Å². The van der Waals surface area contributed by atoms with Gasteiger partial charge in [-0.3, -0.25) is 4.79 Å². The number of hydrogen-bond donors (Lipinski definition) is 0. The topological polar surface area (TPSA) is 22.0 Å². The van der Waals surface area contributed by atoms with Gasteiger partial charge in [0.2, 0.25) is 0 Å². The van der Waals surface area contributed by atoms with Gasteiger partial charge in [0, 0.05) is 13.2 Å². The average Bonchev–Trinajstić information content (AvgIpc) is 2.33. The zero-order chi connectivity index (χ0) is 8.43. The second kappa shape index (κ2) is 3.09. The first-order valence-corrected chi connectivity index (χ1v) is 3.86. The Balaban J connectivity index is 2.93. The highest BCUT2D eigenvalue weighted by Gasteiger charge is 2.13. The molecule has 60 valence electrons. The lowest BCUT2D eigenvalue weighted by Crippen LogP contribution is -2.13. The summed E-state index contributed by atoms with van der Waals surface area (Å²) in [6.07, 6.45) is 1.83. The summed E-state index contributed by atoms with van der Waals surface area (Å²) in [6.45, 7) is 1.68. The van der Waals surface area contributed by atoms with Crippen molar-refractivity contribution in [1.82, 2.24) is 4.57 Å². The van der Waals surface area contributed by atoms with Gasteiger partial charge < -0.3 is 4.57 Å². The molecule has 0 bridgehead atoms. The van der Waals surface area contributed by atoms with Crippen LogP contribution in [0, 0.1) is 0 Å². The third kappa shape index (κ3) is 1.63. The molecule has 1 rings (SSSR count). The number of rotatable bonds is 2. The smallest absolute Gasteiger partial charge is 0.196 e. The lowest BCUT2D eigenvalue weighted by atomic mass is 10.2. The van der Waals surface area contributed by atoms with Gasteiger partial charge >= 0.3 is 0 Å². The highest BCUT2D eigenvalue weighted by Crippen LogP contribution is 2.07. The Morgan fingerprint density at radius 2 is 2.36 bits per heavy atom. The predicted octanol–water partition coefficient (Wildman–Crippen LogP) is 1.84. The van der Waals surface area contributed by atoms with Crippen LogP contribution in [0.15, 0.2) is 18.3 Å². The van der Waals surface area contributed by atoms with Crippen molar-refractivity contribution >= 4 is 17.4 Å². The summed E-state index contributed by atoms with van der Waals surface area (Å²) in [6, 6.07) is 3.59. The molecule has 0 aliphatic heterocycles. The average molecular weight is 172 g/mol. The van der Waals surface area contributed by atoms with E-state index in [1.54, 1.807) is 17.6 Å². The SMILES string of the molecule is C[C@@H](Cl)C(=O)c1cccn1C. The van der Waals surface area contributed by atoms with E-state index in [4.69, 9.17) is 11.6 Å². The normalized spacial score (nSPS) is 13.0. The summed E-state index contributed by atoms with van der Waals surface area (Å²) < 4.78 is 1.77. The minimum atomic E-state index is -0.441. The maximum atomic E-state index is 11.3. The fourth-order valence-corrected chi connectivity index (χ4v) is 1.03. The fraction of sp³-hybridized carbons (Fsp3) is 0.375. The van der Waals surface area contributed by atoms with E-state index in [0.29, 0.717) is 5.69 Å². The lowest BCUT2D eigenvalue weighted by Gasteiger charge is -2.02. The van der Waals surface area contributed by atoms with Crippen LogP contribution in [0.2, 0.25) is 0 Å². The van der Waals surface area contributed by atoms with E-state index in [1.807, 2.05) is 19.3 Å². The Morgan fingerprint density at radius 1 is 1.73 bits per heavy atom. The molecule has 1 heterocycles. The first-order chi connectivity index (χ1) is 5.13. The summed E-state index contributed by atoms with van der Waals surface area (Å²) in [5, 5.41) is -0.441. The molecule has 0 spiro atoms. The summed E-state index contributed by atoms with van der Waals surface area (Å²) in [4.78, 5) is 11.3. The van der Waals surface area contributed by atoms with Gasteiger partial charge in [-0.05, 0) is 19.1 Å². The summed E-state index contributed by atoms with van der Waals surface area (Å²) >= 11 is 5.63. The molecule has 0 saturated carbocycles. The zero-order valence-electron chi connectivity index (χ0n) is 6.54. The van der Waals surface area contributed by atoms with Crippen molar-refractivity contribution in [3.63, 3.8) is 0 Å². The number of carbonyl (C=O) groups is 1. The first kappa shape index (κ1) is 8.34. The minimum absolute atomic E-state index is 0.0285. The van der Waals surface area contributed by atoms with E-state index < -0.39 is 5.38 Å². The fourth-order valence-electron chi connectivity index (χ4n) is 0.921. The van der Waals surface area contributed by atoms with E-state index in [-0.39, 0.29) is 5.78 Å². The third-order valence-electron chi connectivity index (χ3n) is 1.56. The standard InChI is InChI=1S/C8H10ClNO/c1-6(9)8(11)7-4-3-5-10(7)2/h3-6H,1-2H3/t6-/m1/s1. The van der Waals surface area contributed by atoms with Gasteiger partial charge in [-0.25, -0.2) is 0 Å². The highest BCUT2D eigenvalue weighted by atomic mass is 35.5. The lowest BCUT2D eigenvalue weighted by molar-refractivity contribution is 0.0984. The molecule has 3 heteroatoms. The third-order valence-corrected chi connectivity index (χ3v) is 1.76. The van der Waals surface area contributed by atoms with Crippen molar-refractivity contribution in [3.05, 3.63) is 24.0 Å². The Morgan fingerprint density at radius 3 is 2.73 bits per heavy atom. The maximum Gasteiger partial charge on any atom is 0.196 e. The number of nitrogens with zero attached hydrogens (tertiary/aromatic N) is 1. The van der Waals surface area contributed by atoms with E-state index in [9.17, 15) is 4.79 Å². The van der Waals surface area contributed by atoms with Gasteiger partial charge in [-0.15, -0.1) is 11.6 Å². The van der Waals surface area contributed by atoms with Crippen molar-refractivity contribution in [2.45, 2.75) is 12.3 Å². The number of carbonyl (C=O) groups excluding carboxylic acids is 1. The Bertz CT molecular complexity index is 265. The Labute approximate surface area is 70.8 Å². The van der Waals surface area contributed by atoms with Gasteiger partial charge in [0.25, 0.3) is 0 Å². The number of aryl methyl sites for hydroxylation is 1. The highest BCUT2D eigenvalue weighted by molar-refractivity contribution is 6.33. The molecule has 0 N–H and O–H groups in total. The van der Waals surface area contributed by atoms with Crippen LogP contribution in [-0.4, -0.2) is 15.7 Å². The van der Waals surface area contributed by atoms with Crippen molar-refractivity contribution in [2.24, 2.45) is 7.05 Å². The van der Waals surface area contributed by atoms with Crippen molar-refractivity contribution in [3.8, 4) is 0 Å². The van der Waals surface area contributed by atoms with Crippen LogP contribution in [0.4, 0.5) is 0 Å². The van der Waals surface area contributed by atoms with Crippen LogP contribution in [0.3, 0.4) is 0 Å². The minimum Gasteiger partial charge on any atom is -0.348 e. The van der Waals surface area contributed by atoms with E-state index in [1.165, 1.54) is 0 Å². The molecule has 1 aromatic heterocycles. The van der Waals surface area contributed by atoms with Gasteiger partial charge in [0.1, 0.15) is 0 Å². The van der Waals surface area contributed by atoms with Crippen molar-refractivity contribution in [2.75, 3.05) is 0 Å². The first-order valence-electron chi connectivity index (χ1n) is 3.42. The second-order valence-corrected chi connectivity index (χ2v) is 3.14. The summed E-state index contributed by atoms with van der Waals surface area (Å²) in [5.74, 6) is -0.0285. The Hall–Kier alpha value is -0.760. The molecule has 0 amide bonds. The molecule has 0 fully saturated rings. The quantitative estimate of drug-likeness (QED) is 0.492. The molecule has 2 nitrogen and oxygen atoms in total. The molecule has 0 unspecified atom stereocenters. The number of ketones is 1. The molecule has 1 aromatic rings. The van der Waals surface area contributed by atoms with Crippen LogP contribution < -0.4 is 0 Å². The predicted molar refractivity (Wildman–Crippen MR) is 45.1 cm³/mol. The molecule has 0 aromatic carbocycles. The van der Waals surface area contributed by atoms with E-state index in [2.05, 4.69) is 0 Å². The molecular weight excluding hydrogens is 162 g/mol. The molecular formula is C8H10ClNO. The number of alkyl halides is 1. The molecule has 0 aliphatic rings. The van der Waals surface area contributed by atoms with Gasteiger partial charge in [0.05, 0.1) is 11.1 Å². The number of halogens is 1. The largest absolute Gasteiger partial charge is 0.348 e. The molecule has 0 aliphatic carbocycles. The number of hydrogen-bond acceptors (Lipinski definition) is 1. The zero-order valence-corrected chi connectivity index (χ0v) is 7.30. The van der Waals surface area contributed by atoms with Gasteiger partial charge in [-0.1, -0.05) is 0 Å². The summed E-state index contributed by atoms with van der Waals surface area (Å²) in [5.41, 5.74) is 0.660. The molecule has 11 heavy (non-hydrogen) atoms. The molecule has 1 atom stereocenters. The van der Waals surface area contributed by atoms with E-state index >= 15 is 0 Å². The van der Waals surface area contributed by atoms with Crippen LogP contribution in [-0.2, 0) is 7.05 Å². The molecule has 0 radical (unpaired) electrons. The summed E-state index contributed by atoms with van der Waals surface area (Å²) in [7, 11) is 1.83. The van der Waals surface area contributed by atoms with Gasteiger partial charge in [-0.2, -0.15) is 0 Å². The monoisotopic (exact) mass is 171 g/mol. The van der Waals surface area contributed by atoms with Crippen LogP contribution in [0.5, 0.6) is 0 Å². The maximum absolute atomic E-state index is 11.3. The van der Waals surface area contributed by atoms with Crippen molar-refractivity contribution < 1.29 is 4.79 Å². The Kier molecular flexibility index (Phi) is 2.35. The number of Topliss-reactive ketones (excluding diaryl/α,β-unsaturated/α-hetero) is 1. The second-order valence-electron chi connectivity index (χ2n) is 2.48. The molecule has 0 saturated heterocycles. The van der Waals surface area contributed by atoms with Crippen LogP contribution >= 0.6 is 11.6 Å².